The minimum Gasteiger partial charge on any atom is -0.492 e. The van der Waals surface area contributed by atoms with Gasteiger partial charge in [-0.2, -0.15) is 0 Å². The number of guanidine groups is 1. The Bertz CT molecular complexity index is 662. The lowest BCUT2D eigenvalue weighted by Crippen LogP contribution is -2.24. The Hall–Kier alpha value is -1.80. The molecular weight excluding hydrogens is 417 g/mol. The van der Waals surface area contributed by atoms with E-state index in [1.807, 2.05) is 55.5 Å². The summed E-state index contributed by atoms with van der Waals surface area (Å²) in [4.78, 5) is 4.28. The lowest BCUT2D eigenvalue weighted by molar-refractivity contribution is 0.185. The number of aryl methyl sites for hydroxylation is 1. The highest BCUT2D eigenvalue weighted by Gasteiger charge is 2.02. The minimum absolute atomic E-state index is 0. The molecule has 0 saturated heterocycles. The second-order valence-corrected chi connectivity index (χ2v) is 5.15. The summed E-state index contributed by atoms with van der Waals surface area (Å²) < 4.78 is 10.8. The molecular formula is C18H24IN3O2. The van der Waals surface area contributed by atoms with E-state index in [2.05, 4.69) is 10.3 Å². The van der Waals surface area contributed by atoms with Crippen molar-refractivity contribution in [3.63, 3.8) is 0 Å². The molecule has 0 aliphatic carbocycles. The number of rotatable bonds is 7. The highest BCUT2D eigenvalue weighted by atomic mass is 127. The number of benzene rings is 2. The fourth-order valence-corrected chi connectivity index (χ4v) is 2.14. The van der Waals surface area contributed by atoms with E-state index in [1.54, 1.807) is 7.11 Å². The first-order valence-corrected chi connectivity index (χ1v) is 7.52. The van der Waals surface area contributed by atoms with E-state index >= 15 is 0 Å². The van der Waals surface area contributed by atoms with E-state index < -0.39 is 0 Å². The van der Waals surface area contributed by atoms with Crippen LogP contribution in [-0.2, 0) is 11.3 Å². The van der Waals surface area contributed by atoms with Crippen LogP contribution in [0.1, 0.15) is 11.1 Å². The number of nitrogens with two attached hydrogens (primary N) is 1. The molecule has 0 aliphatic heterocycles. The van der Waals surface area contributed by atoms with Gasteiger partial charge in [0.1, 0.15) is 12.4 Å². The summed E-state index contributed by atoms with van der Waals surface area (Å²) in [6.07, 6.45) is 0. The third-order valence-electron chi connectivity index (χ3n) is 3.21. The van der Waals surface area contributed by atoms with Gasteiger partial charge in [-0.3, -0.25) is 0 Å². The van der Waals surface area contributed by atoms with Crippen molar-refractivity contribution < 1.29 is 9.47 Å². The van der Waals surface area contributed by atoms with Gasteiger partial charge in [-0.25, -0.2) is 4.99 Å². The summed E-state index contributed by atoms with van der Waals surface area (Å²) in [6, 6.07) is 15.8. The topological polar surface area (TPSA) is 68.9 Å². The first-order chi connectivity index (χ1) is 11.2. The van der Waals surface area contributed by atoms with Crippen molar-refractivity contribution >= 4 is 35.6 Å². The largest absolute Gasteiger partial charge is 0.492 e. The molecule has 0 aliphatic rings. The van der Waals surface area contributed by atoms with Crippen molar-refractivity contribution in [3.05, 3.63) is 59.7 Å². The van der Waals surface area contributed by atoms with E-state index in [-0.39, 0.29) is 24.0 Å². The lowest BCUT2D eigenvalue weighted by Gasteiger charge is -2.11. The first kappa shape index (κ1) is 20.2. The Balaban J connectivity index is 0.00000288. The van der Waals surface area contributed by atoms with Gasteiger partial charge in [-0.1, -0.05) is 30.3 Å². The number of aliphatic imine (C=N–C) groups is 1. The molecule has 0 amide bonds. The first-order valence-electron chi connectivity index (χ1n) is 7.52. The normalized spacial score (nSPS) is 10.8. The zero-order chi connectivity index (χ0) is 16.5. The van der Waals surface area contributed by atoms with Gasteiger partial charge in [-0.05, 0) is 30.7 Å². The van der Waals surface area contributed by atoms with Gasteiger partial charge >= 0.3 is 0 Å². The Morgan fingerprint density at radius 3 is 2.71 bits per heavy atom. The number of anilines is 1. The van der Waals surface area contributed by atoms with Gasteiger partial charge in [-0.15, -0.1) is 24.0 Å². The molecule has 24 heavy (non-hydrogen) atoms. The van der Waals surface area contributed by atoms with Gasteiger partial charge in [0.25, 0.3) is 0 Å². The Morgan fingerprint density at radius 2 is 1.96 bits per heavy atom. The molecule has 0 bridgehead atoms. The number of nitrogens with one attached hydrogen (secondary N) is 1. The highest BCUT2D eigenvalue weighted by Crippen LogP contribution is 2.15. The Labute approximate surface area is 160 Å². The standard InChI is InChI=1S/C18H23N3O2.HI/c1-14-6-5-8-16(12-14)23-11-10-20-18(19)21-17-9-4-3-7-15(17)13-22-2;/h3-9,12H,10-11,13H2,1-2H3,(H3,19,20,21);1H. The SMILES string of the molecule is COCc1ccccc1NC(N)=NCCOc1cccc(C)c1.I. The molecule has 0 unspecified atom stereocenters. The number of ether oxygens (including phenoxy) is 2. The highest BCUT2D eigenvalue weighted by molar-refractivity contribution is 14.0. The quantitative estimate of drug-likeness (QED) is 0.299. The molecule has 0 saturated carbocycles. The number of nitrogens with zero attached hydrogens (tertiary/aromatic N) is 1. The average Bonchev–Trinajstić information content (AvgIpc) is 2.54. The molecule has 0 radical (unpaired) electrons. The maximum atomic E-state index is 5.92. The van der Waals surface area contributed by atoms with Crippen molar-refractivity contribution in [3.8, 4) is 5.75 Å². The second kappa shape index (κ2) is 10.9. The molecule has 2 aromatic carbocycles. The van der Waals surface area contributed by atoms with Crippen LogP contribution in [0.15, 0.2) is 53.5 Å². The van der Waals surface area contributed by atoms with Crippen molar-refractivity contribution in [2.24, 2.45) is 10.7 Å². The smallest absolute Gasteiger partial charge is 0.193 e. The van der Waals surface area contributed by atoms with E-state index in [0.29, 0.717) is 25.7 Å². The van der Waals surface area contributed by atoms with Crippen LogP contribution >= 0.6 is 24.0 Å². The van der Waals surface area contributed by atoms with Crippen molar-refractivity contribution in [1.29, 1.82) is 0 Å². The molecule has 0 heterocycles. The number of para-hydroxylation sites is 1. The van der Waals surface area contributed by atoms with Crippen LogP contribution in [0.3, 0.4) is 0 Å². The van der Waals surface area contributed by atoms with E-state index in [1.165, 1.54) is 5.56 Å². The van der Waals surface area contributed by atoms with Gasteiger partial charge in [0.05, 0.1) is 13.2 Å². The molecule has 2 rings (SSSR count). The molecule has 0 atom stereocenters. The zero-order valence-corrected chi connectivity index (χ0v) is 16.3. The number of methoxy groups -OCH3 is 1. The third-order valence-corrected chi connectivity index (χ3v) is 3.21. The molecule has 3 N–H and O–H groups in total. The molecule has 130 valence electrons. The summed E-state index contributed by atoms with van der Waals surface area (Å²) >= 11 is 0. The summed E-state index contributed by atoms with van der Waals surface area (Å²) in [5.41, 5.74) is 9.02. The molecule has 0 spiro atoms. The molecule has 5 nitrogen and oxygen atoms in total. The minimum atomic E-state index is 0. The van der Waals surface area contributed by atoms with Crippen LogP contribution in [-0.4, -0.2) is 26.2 Å². The van der Waals surface area contributed by atoms with Gasteiger partial charge in [0.15, 0.2) is 5.96 Å². The summed E-state index contributed by atoms with van der Waals surface area (Å²) in [5, 5.41) is 3.10. The predicted molar refractivity (Wildman–Crippen MR) is 109 cm³/mol. The Morgan fingerprint density at radius 1 is 1.17 bits per heavy atom. The maximum Gasteiger partial charge on any atom is 0.193 e. The fourth-order valence-electron chi connectivity index (χ4n) is 2.14. The van der Waals surface area contributed by atoms with Crippen LogP contribution in [0.5, 0.6) is 5.75 Å². The zero-order valence-electron chi connectivity index (χ0n) is 14.0. The third kappa shape index (κ3) is 6.76. The van der Waals surface area contributed by atoms with Crippen LogP contribution in [0.2, 0.25) is 0 Å². The lowest BCUT2D eigenvalue weighted by atomic mass is 10.2. The van der Waals surface area contributed by atoms with Crippen LogP contribution in [0.4, 0.5) is 5.69 Å². The van der Waals surface area contributed by atoms with E-state index in [9.17, 15) is 0 Å². The van der Waals surface area contributed by atoms with E-state index in [4.69, 9.17) is 15.2 Å². The van der Waals surface area contributed by atoms with Gasteiger partial charge in [0.2, 0.25) is 0 Å². The fraction of sp³-hybridized carbons (Fsp3) is 0.278. The van der Waals surface area contributed by atoms with Gasteiger partial charge in [0, 0.05) is 18.4 Å². The monoisotopic (exact) mass is 441 g/mol. The molecule has 2 aromatic rings. The van der Waals surface area contributed by atoms with Crippen molar-refractivity contribution in [1.82, 2.24) is 0 Å². The number of halogens is 1. The van der Waals surface area contributed by atoms with Crippen molar-refractivity contribution in [2.75, 3.05) is 25.6 Å². The summed E-state index contributed by atoms with van der Waals surface area (Å²) in [5.74, 6) is 1.21. The molecule has 0 aromatic heterocycles. The summed E-state index contributed by atoms with van der Waals surface area (Å²) in [6.45, 7) is 3.52. The maximum absolute atomic E-state index is 5.92. The van der Waals surface area contributed by atoms with Crippen LogP contribution < -0.4 is 15.8 Å². The Kier molecular flexibility index (Phi) is 9.18. The number of hydrogen-bond acceptors (Lipinski definition) is 3. The second-order valence-electron chi connectivity index (χ2n) is 5.15. The molecule has 6 heteroatoms. The predicted octanol–water partition coefficient (Wildman–Crippen LogP) is 3.57. The van der Waals surface area contributed by atoms with Crippen molar-refractivity contribution in [2.45, 2.75) is 13.5 Å². The van der Waals surface area contributed by atoms with E-state index in [0.717, 1.165) is 17.0 Å². The molecule has 0 fully saturated rings. The average molecular weight is 441 g/mol. The summed E-state index contributed by atoms with van der Waals surface area (Å²) in [7, 11) is 1.66. The number of hydrogen-bond donors (Lipinski definition) is 2. The van der Waals surface area contributed by atoms with Gasteiger partial charge < -0.3 is 20.5 Å². The van der Waals surface area contributed by atoms with Crippen LogP contribution in [0.25, 0.3) is 0 Å². The van der Waals surface area contributed by atoms with Crippen LogP contribution in [0, 0.1) is 6.92 Å².